The van der Waals surface area contributed by atoms with Gasteiger partial charge in [0.05, 0.1) is 0 Å². The maximum atomic E-state index is 4.13. The summed E-state index contributed by atoms with van der Waals surface area (Å²) in [6.45, 7) is 15.4. The van der Waals surface area contributed by atoms with E-state index in [4.69, 9.17) is 0 Å². The van der Waals surface area contributed by atoms with Crippen molar-refractivity contribution in [2.24, 2.45) is 23.7 Å². The van der Waals surface area contributed by atoms with Gasteiger partial charge >= 0.3 is 0 Å². The standard InChI is InChI=1S/C13H25N/c1-6-14-8-9(2)7-10(3)13-11(4)12(13)5/h10-14H,2,6-8H2,1,3-5H3. The Balaban J connectivity index is 2.20. The lowest BCUT2D eigenvalue weighted by molar-refractivity contribution is 0.460. The lowest BCUT2D eigenvalue weighted by Gasteiger charge is -2.13. The Morgan fingerprint density at radius 3 is 2.36 bits per heavy atom. The molecular weight excluding hydrogens is 170 g/mol. The summed E-state index contributed by atoms with van der Waals surface area (Å²) in [6, 6.07) is 0. The first-order chi connectivity index (χ1) is 6.57. The quantitative estimate of drug-likeness (QED) is 0.642. The van der Waals surface area contributed by atoms with E-state index in [1.807, 2.05) is 0 Å². The molecule has 0 heterocycles. The Morgan fingerprint density at radius 1 is 1.36 bits per heavy atom. The number of likely N-dealkylation sites (N-methyl/N-ethyl adjacent to an activating group) is 1. The summed E-state index contributed by atoms with van der Waals surface area (Å²) in [7, 11) is 0. The molecule has 1 nitrogen and oxygen atoms in total. The zero-order valence-electron chi connectivity index (χ0n) is 10.1. The minimum Gasteiger partial charge on any atom is -0.313 e. The van der Waals surface area contributed by atoms with E-state index in [2.05, 4.69) is 39.6 Å². The second-order valence-corrected chi connectivity index (χ2v) is 5.01. The maximum absolute atomic E-state index is 4.13. The van der Waals surface area contributed by atoms with Crippen LogP contribution in [0.1, 0.15) is 34.1 Å². The van der Waals surface area contributed by atoms with Gasteiger partial charge in [-0.05, 0) is 36.6 Å². The molecule has 1 saturated carbocycles. The Bertz CT molecular complexity index is 189. The van der Waals surface area contributed by atoms with Crippen LogP contribution in [0.25, 0.3) is 0 Å². The van der Waals surface area contributed by atoms with E-state index in [1.165, 1.54) is 12.0 Å². The third-order valence-electron chi connectivity index (χ3n) is 3.80. The Morgan fingerprint density at radius 2 is 1.93 bits per heavy atom. The van der Waals surface area contributed by atoms with E-state index in [0.717, 1.165) is 36.8 Å². The lowest BCUT2D eigenvalue weighted by Crippen LogP contribution is -2.17. The fraction of sp³-hybridized carbons (Fsp3) is 0.846. The maximum Gasteiger partial charge on any atom is 0.0161 e. The molecule has 0 spiro atoms. The van der Waals surface area contributed by atoms with Crippen LogP contribution in [-0.4, -0.2) is 13.1 Å². The molecule has 1 aliphatic carbocycles. The van der Waals surface area contributed by atoms with E-state index < -0.39 is 0 Å². The van der Waals surface area contributed by atoms with Crippen LogP contribution >= 0.6 is 0 Å². The van der Waals surface area contributed by atoms with Crippen LogP contribution in [0.4, 0.5) is 0 Å². The van der Waals surface area contributed by atoms with Gasteiger partial charge in [-0.25, -0.2) is 0 Å². The highest BCUT2D eigenvalue weighted by Gasteiger charge is 2.45. The molecule has 0 aromatic carbocycles. The molecule has 14 heavy (non-hydrogen) atoms. The molecule has 1 heteroatoms. The van der Waals surface area contributed by atoms with Gasteiger partial charge in [0.1, 0.15) is 0 Å². The second-order valence-electron chi connectivity index (χ2n) is 5.01. The van der Waals surface area contributed by atoms with Crippen LogP contribution in [0.15, 0.2) is 12.2 Å². The van der Waals surface area contributed by atoms with E-state index in [9.17, 15) is 0 Å². The summed E-state index contributed by atoms with van der Waals surface area (Å²) in [5.41, 5.74) is 1.37. The van der Waals surface area contributed by atoms with Crippen molar-refractivity contribution in [1.82, 2.24) is 5.32 Å². The Labute approximate surface area is 89.0 Å². The van der Waals surface area contributed by atoms with Crippen LogP contribution in [0.3, 0.4) is 0 Å². The first-order valence-electron chi connectivity index (χ1n) is 5.95. The highest BCUT2D eigenvalue weighted by atomic mass is 14.8. The molecule has 1 N–H and O–H groups in total. The van der Waals surface area contributed by atoms with Crippen molar-refractivity contribution < 1.29 is 0 Å². The summed E-state index contributed by atoms with van der Waals surface area (Å²) in [5, 5.41) is 3.34. The average molecular weight is 195 g/mol. The minimum atomic E-state index is 0.825. The summed E-state index contributed by atoms with van der Waals surface area (Å²) in [6.07, 6.45) is 1.20. The van der Waals surface area contributed by atoms with Gasteiger partial charge in [0.15, 0.2) is 0 Å². The molecular formula is C13H25N. The van der Waals surface area contributed by atoms with Crippen LogP contribution in [0.2, 0.25) is 0 Å². The first kappa shape index (κ1) is 11.8. The summed E-state index contributed by atoms with van der Waals surface area (Å²) < 4.78 is 0. The number of rotatable bonds is 6. The van der Waals surface area contributed by atoms with Gasteiger partial charge in [-0.15, -0.1) is 0 Å². The zero-order valence-corrected chi connectivity index (χ0v) is 10.1. The molecule has 1 aliphatic rings. The van der Waals surface area contributed by atoms with Gasteiger partial charge in [-0.2, -0.15) is 0 Å². The van der Waals surface area contributed by atoms with Gasteiger partial charge in [0.2, 0.25) is 0 Å². The van der Waals surface area contributed by atoms with Gasteiger partial charge in [-0.3, -0.25) is 0 Å². The molecule has 0 aliphatic heterocycles. The fourth-order valence-electron chi connectivity index (χ4n) is 2.70. The molecule has 0 saturated heterocycles. The van der Waals surface area contributed by atoms with Crippen molar-refractivity contribution in [1.29, 1.82) is 0 Å². The van der Waals surface area contributed by atoms with Gasteiger partial charge in [0.25, 0.3) is 0 Å². The predicted molar refractivity (Wildman–Crippen MR) is 63.3 cm³/mol. The second kappa shape index (κ2) is 4.97. The van der Waals surface area contributed by atoms with E-state index in [-0.39, 0.29) is 0 Å². The smallest absolute Gasteiger partial charge is 0.0161 e. The van der Waals surface area contributed by atoms with Crippen molar-refractivity contribution in [3.05, 3.63) is 12.2 Å². The molecule has 3 atom stereocenters. The summed E-state index contributed by atoms with van der Waals surface area (Å²) in [5.74, 6) is 3.66. The van der Waals surface area contributed by atoms with Gasteiger partial charge < -0.3 is 5.32 Å². The molecule has 0 aromatic rings. The van der Waals surface area contributed by atoms with E-state index >= 15 is 0 Å². The lowest BCUT2D eigenvalue weighted by atomic mass is 9.95. The molecule has 3 unspecified atom stereocenters. The Kier molecular flexibility index (Phi) is 4.18. The SMILES string of the molecule is C=C(CNCC)CC(C)C1C(C)C1C. The fourth-order valence-corrected chi connectivity index (χ4v) is 2.70. The minimum absolute atomic E-state index is 0.825. The predicted octanol–water partition coefficient (Wildman–Crippen LogP) is 3.08. The zero-order chi connectivity index (χ0) is 10.7. The number of hydrogen-bond donors (Lipinski definition) is 1. The van der Waals surface area contributed by atoms with Crippen molar-refractivity contribution in [2.75, 3.05) is 13.1 Å². The first-order valence-corrected chi connectivity index (χ1v) is 5.95. The third-order valence-corrected chi connectivity index (χ3v) is 3.80. The molecule has 0 radical (unpaired) electrons. The topological polar surface area (TPSA) is 12.0 Å². The summed E-state index contributed by atoms with van der Waals surface area (Å²) >= 11 is 0. The number of hydrogen-bond acceptors (Lipinski definition) is 1. The molecule has 0 bridgehead atoms. The third kappa shape index (κ3) is 2.84. The number of nitrogens with one attached hydrogen (secondary N) is 1. The van der Waals surface area contributed by atoms with Crippen LogP contribution in [-0.2, 0) is 0 Å². The molecule has 1 fully saturated rings. The monoisotopic (exact) mass is 195 g/mol. The van der Waals surface area contributed by atoms with Crippen LogP contribution < -0.4 is 5.32 Å². The molecule has 1 rings (SSSR count). The van der Waals surface area contributed by atoms with Crippen molar-refractivity contribution in [3.8, 4) is 0 Å². The molecule has 0 aromatic heterocycles. The van der Waals surface area contributed by atoms with E-state index in [1.54, 1.807) is 0 Å². The Hall–Kier alpha value is -0.300. The van der Waals surface area contributed by atoms with Crippen molar-refractivity contribution >= 4 is 0 Å². The van der Waals surface area contributed by atoms with Crippen LogP contribution in [0.5, 0.6) is 0 Å². The highest BCUT2D eigenvalue weighted by molar-refractivity contribution is 5.03. The summed E-state index contributed by atoms with van der Waals surface area (Å²) in [4.78, 5) is 0. The van der Waals surface area contributed by atoms with Crippen molar-refractivity contribution in [3.63, 3.8) is 0 Å². The largest absolute Gasteiger partial charge is 0.313 e. The highest BCUT2D eigenvalue weighted by Crippen LogP contribution is 2.51. The van der Waals surface area contributed by atoms with Gasteiger partial charge in [0, 0.05) is 6.54 Å². The normalized spacial score (nSPS) is 32.7. The average Bonchev–Trinajstić information content (AvgIpc) is 2.71. The van der Waals surface area contributed by atoms with E-state index in [0.29, 0.717) is 0 Å². The van der Waals surface area contributed by atoms with Gasteiger partial charge in [-0.1, -0.05) is 39.8 Å². The molecule has 82 valence electrons. The molecule has 0 amide bonds. The van der Waals surface area contributed by atoms with Crippen molar-refractivity contribution in [2.45, 2.75) is 34.1 Å². The van der Waals surface area contributed by atoms with Crippen LogP contribution in [0, 0.1) is 23.7 Å².